The topological polar surface area (TPSA) is 40.5 Å². The van der Waals surface area contributed by atoms with Crippen molar-refractivity contribution in [2.24, 2.45) is 0 Å². The molecule has 0 saturated heterocycles. The lowest BCUT2D eigenvalue weighted by Gasteiger charge is -2.30. The zero-order chi connectivity index (χ0) is 17.4. The molecule has 124 valence electrons. The molecule has 0 radical (unpaired) electrons. The van der Waals surface area contributed by atoms with Crippen molar-refractivity contribution in [2.45, 2.75) is 12.0 Å². The Bertz CT molecular complexity index is 936. The normalized spacial score (nSPS) is 19.1. The lowest BCUT2D eigenvalue weighted by atomic mass is 9.83. The monoisotopic (exact) mass is 329 g/mol. The van der Waals surface area contributed by atoms with E-state index >= 15 is 0 Å². The van der Waals surface area contributed by atoms with Crippen LogP contribution in [0.5, 0.6) is 0 Å². The summed E-state index contributed by atoms with van der Waals surface area (Å²) in [5.74, 6) is -0.311. The molecule has 1 N–H and O–H groups in total. The highest BCUT2D eigenvalue weighted by atomic mass is 16.3. The van der Waals surface area contributed by atoms with Crippen molar-refractivity contribution in [2.75, 3.05) is 11.9 Å². The van der Waals surface area contributed by atoms with Gasteiger partial charge in [0.25, 0.3) is 5.91 Å². The van der Waals surface area contributed by atoms with Crippen molar-refractivity contribution < 1.29 is 9.90 Å². The van der Waals surface area contributed by atoms with Gasteiger partial charge in [-0.2, -0.15) is 0 Å². The molecule has 3 nitrogen and oxygen atoms in total. The maximum atomic E-state index is 13.3. The van der Waals surface area contributed by atoms with Gasteiger partial charge in [0, 0.05) is 24.6 Å². The lowest BCUT2D eigenvalue weighted by Crippen LogP contribution is -2.46. The van der Waals surface area contributed by atoms with Gasteiger partial charge in [-0.05, 0) is 17.2 Å². The Morgan fingerprint density at radius 1 is 0.840 bits per heavy atom. The minimum absolute atomic E-state index is 0.238. The molecular weight excluding hydrogens is 310 g/mol. The maximum absolute atomic E-state index is 13.3. The summed E-state index contributed by atoms with van der Waals surface area (Å²) in [6.45, 7) is 0. The van der Waals surface area contributed by atoms with Crippen LogP contribution in [0.3, 0.4) is 0 Å². The van der Waals surface area contributed by atoms with E-state index in [1.165, 1.54) is 0 Å². The highest BCUT2D eigenvalue weighted by Gasteiger charge is 2.44. The summed E-state index contributed by atoms with van der Waals surface area (Å²) in [5, 5.41) is 11.6. The fourth-order valence-corrected chi connectivity index (χ4v) is 3.64. The standard InChI is InChI=1S/C22H19NO2/c1-23-20-14-8-6-12-18(20)17-11-5-7-13-19(17)22(25,21(23)24)15-16-9-3-2-4-10-16/h2-14,25H,15H2,1H3. The van der Waals surface area contributed by atoms with Crippen LogP contribution in [0.25, 0.3) is 11.1 Å². The second-order valence-electron chi connectivity index (χ2n) is 6.45. The van der Waals surface area contributed by atoms with Crippen LogP contribution < -0.4 is 4.90 Å². The third-order valence-electron chi connectivity index (χ3n) is 4.89. The average Bonchev–Trinajstić information content (AvgIpc) is 2.73. The molecule has 0 aliphatic carbocycles. The summed E-state index contributed by atoms with van der Waals surface area (Å²) >= 11 is 0. The number of nitrogens with zero attached hydrogens (tertiary/aromatic N) is 1. The van der Waals surface area contributed by atoms with E-state index in [2.05, 4.69) is 0 Å². The van der Waals surface area contributed by atoms with E-state index in [0.29, 0.717) is 5.56 Å². The number of anilines is 1. The zero-order valence-corrected chi connectivity index (χ0v) is 14.0. The molecule has 1 unspecified atom stereocenters. The predicted molar refractivity (Wildman–Crippen MR) is 99.3 cm³/mol. The van der Waals surface area contributed by atoms with Gasteiger partial charge in [0.05, 0.1) is 5.69 Å². The number of rotatable bonds is 2. The number of fused-ring (bicyclic) bond motifs is 3. The Morgan fingerprint density at radius 2 is 1.44 bits per heavy atom. The molecule has 1 atom stereocenters. The Morgan fingerprint density at radius 3 is 2.20 bits per heavy atom. The first-order valence-corrected chi connectivity index (χ1v) is 8.34. The number of amides is 1. The minimum Gasteiger partial charge on any atom is -0.375 e. The molecule has 3 heteroatoms. The van der Waals surface area contributed by atoms with E-state index in [0.717, 1.165) is 22.4 Å². The van der Waals surface area contributed by atoms with Crippen molar-refractivity contribution >= 4 is 11.6 Å². The molecule has 1 aliphatic rings. The average molecular weight is 329 g/mol. The zero-order valence-electron chi connectivity index (χ0n) is 14.0. The summed E-state index contributed by atoms with van der Waals surface area (Å²) in [7, 11) is 1.73. The molecule has 3 aromatic carbocycles. The number of aliphatic hydroxyl groups is 1. The van der Waals surface area contributed by atoms with Crippen molar-refractivity contribution in [3.05, 3.63) is 90.0 Å². The van der Waals surface area contributed by atoms with E-state index in [-0.39, 0.29) is 12.3 Å². The van der Waals surface area contributed by atoms with Gasteiger partial charge in [-0.15, -0.1) is 0 Å². The Kier molecular flexibility index (Phi) is 3.66. The van der Waals surface area contributed by atoms with Crippen molar-refractivity contribution in [1.29, 1.82) is 0 Å². The van der Waals surface area contributed by atoms with Gasteiger partial charge in [-0.1, -0.05) is 72.8 Å². The summed E-state index contributed by atoms with van der Waals surface area (Å²) in [6.07, 6.45) is 0.238. The van der Waals surface area contributed by atoms with Crippen LogP contribution in [-0.2, 0) is 16.8 Å². The van der Waals surface area contributed by atoms with Crippen molar-refractivity contribution in [1.82, 2.24) is 0 Å². The van der Waals surface area contributed by atoms with Crippen LogP contribution in [0.2, 0.25) is 0 Å². The van der Waals surface area contributed by atoms with Gasteiger partial charge in [0.2, 0.25) is 0 Å². The maximum Gasteiger partial charge on any atom is 0.263 e. The highest BCUT2D eigenvalue weighted by molar-refractivity contribution is 6.06. The van der Waals surface area contributed by atoms with Gasteiger partial charge >= 0.3 is 0 Å². The van der Waals surface area contributed by atoms with Crippen LogP contribution in [0.4, 0.5) is 5.69 Å². The first-order valence-electron chi connectivity index (χ1n) is 8.34. The molecule has 0 spiro atoms. The minimum atomic E-state index is -1.61. The largest absolute Gasteiger partial charge is 0.375 e. The van der Waals surface area contributed by atoms with Gasteiger partial charge in [0.1, 0.15) is 0 Å². The second-order valence-corrected chi connectivity index (χ2v) is 6.45. The molecule has 0 bridgehead atoms. The van der Waals surface area contributed by atoms with Crippen LogP contribution in [0.15, 0.2) is 78.9 Å². The smallest absolute Gasteiger partial charge is 0.263 e. The Labute approximate surface area is 147 Å². The van der Waals surface area contributed by atoms with Gasteiger partial charge in [-0.25, -0.2) is 0 Å². The Hall–Kier alpha value is -2.91. The number of carbonyl (C=O) groups excluding carboxylic acids is 1. The van der Waals surface area contributed by atoms with E-state index in [4.69, 9.17) is 0 Å². The van der Waals surface area contributed by atoms with E-state index in [1.807, 2.05) is 78.9 Å². The van der Waals surface area contributed by atoms with Gasteiger partial charge < -0.3 is 10.0 Å². The number of likely N-dealkylation sites (N-methyl/N-ethyl adjacent to an activating group) is 1. The fraction of sp³-hybridized carbons (Fsp3) is 0.136. The van der Waals surface area contributed by atoms with E-state index < -0.39 is 5.60 Å². The first kappa shape index (κ1) is 15.6. The van der Waals surface area contributed by atoms with Gasteiger partial charge in [0.15, 0.2) is 5.60 Å². The fourth-order valence-electron chi connectivity index (χ4n) is 3.64. The predicted octanol–water partition coefficient (Wildman–Crippen LogP) is 3.76. The molecule has 0 fully saturated rings. The lowest BCUT2D eigenvalue weighted by molar-refractivity contribution is -0.137. The second kappa shape index (κ2) is 5.87. The van der Waals surface area contributed by atoms with E-state index in [1.54, 1.807) is 11.9 Å². The third kappa shape index (κ3) is 2.44. The third-order valence-corrected chi connectivity index (χ3v) is 4.89. The SMILES string of the molecule is CN1C(=O)C(O)(Cc2ccccc2)c2ccccc2-c2ccccc21. The molecule has 1 heterocycles. The van der Waals surface area contributed by atoms with Crippen LogP contribution in [-0.4, -0.2) is 18.1 Å². The summed E-state index contributed by atoms with van der Waals surface area (Å²) in [4.78, 5) is 14.8. The molecule has 0 saturated carbocycles. The molecule has 1 aliphatic heterocycles. The van der Waals surface area contributed by atoms with Crippen LogP contribution in [0, 0.1) is 0 Å². The summed E-state index contributed by atoms with van der Waals surface area (Å²) < 4.78 is 0. The van der Waals surface area contributed by atoms with Gasteiger partial charge in [-0.3, -0.25) is 4.79 Å². The van der Waals surface area contributed by atoms with Crippen molar-refractivity contribution in [3.63, 3.8) is 0 Å². The summed E-state index contributed by atoms with van der Waals surface area (Å²) in [5.41, 5.74) is 2.63. The molecule has 25 heavy (non-hydrogen) atoms. The molecular formula is C22H19NO2. The summed E-state index contributed by atoms with van der Waals surface area (Å²) in [6, 6.07) is 25.0. The number of para-hydroxylation sites is 1. The molecule has 1 amide bonds. The quantitative estimate of drug-likeness (QED) is 0.778. The number of benzene rings is 3. The van der Waals surface area contributed by atoms with Crippen LogP contribution >= 0.6 is 0 Å². The Balaban J connectivity index is 1.96. The molecule has 4 rings (SSSR count). The number of hydrogen-bond donors (Lipinski definition) is 1. The highest BCUT2D eigenvalue weighted by Crippen LogP contribution is 2.43. The number of hydrogen-bond acceptors (Lipinski definition) is 2. The molecule has 3 aromatic rings. The van der Waals surface area contributed by atoms with Crippen LogP contribution in [0.1, 0.15) is 11.1 Å². The number of carbonyl (C=O) groups is 1. The van der Waals surface area contributed by atoms with E-state index in [9.17, 15) is 9.90 Å². The first-order chi connectivity index (χ1) is 12.1. The van der Waals surface area contributed by atoms with Crippen molar-refractivity contribution in [3.8, 4) is 11.1 Å². The molecule has 0 aromatic heterocycles.